The number of rotatable bonds is 3. The van der Waals surface area contributed by atoms with E-state index in [-0.39, 0.29) is 10.6 Å². The number of nitro benzene ring substituents is 1. The van der Waals surface area contributed by atoms with Crippen molar-refractivity contribution in [2.45, 2.75) is 4.90 Å². The van der Waals surface area contributed by atoms with E-state index in [1.807, 2.05) is 0 Å². The van der Waals surface area contributed by atoms with Crippen LogP contribution in [-0.4, -0.2) is 13.3 Å². The number of non-ortho nitro benzene ring substituents is 1. The average molecular weight is 248 g/mol. The fourth-order valence-electron chi connectivity index (χ4n) is 0.904. The Labute approximate surface area is 91.1 Å². The minimum absolute atomic E-state index is 0.0370. The van der Waals surface area contributed by atoms with Gasteiger partial charge in [0.2, 0.25) is 9.84 Å². The van der Waals surface area contributed by atoms with Crippen molar-refractivity contribution in [2.24, 2.45) is 0 Å². The van der Waals surface area contributed by atoms with Gasteiger partial charge < -0.3 is 0 Å². The molecule has 0 aliphatic heterocycles. The second-order valence-electron chi connectivity index (χ2n) is 2.56. The van der Waals surface area contributed by atoms with Crippen LogP contribution in [0.25, 0.3) is 0 Å². The molecule has 0 bridgehead atoms. The maximum atomic E-state index is 11.4. The van der Waals surface area contributed by atoms with Gasteiger partial charge in [-0.2, -0.15) is 0 Å². The lowest BCUT2D eigenvalue weighted by atomic mass is 10.3. The Hall–Kier alpha value is -1.40. The average Bonchev–Trinajstić information content (AvgIpc) is 2.18. The lowest BCUT2D eigenvalue weighted by molar-refractivity contribution is -0.384. The van der Waals surface area contributed by atoms with Gasteiger partial charge in [-0.05, 0) is 12.1 Å². The first-order chi connectivity index (χ1) is 6.97. The Bertz CT molecular complexity index is 492. The highest BCUT2D eigenvalue weighted by atomic mass is 35.5. The fraction of sp³-hybridized carbons (Fsp3) is 0. The van der Waals surface area contributed by atoms with Gasteiger partial charge in [0, 0.05) is 23.1 Å². The van der Waals surface area contributed by atoms with E-state index >= 15 is 0 Å². The third kappa shape index (κ3) is 2.77. The van der Waals surface area contributed by atoms with Crippen LogP contribution in [0, 0.1) is 10.1 Å². The lowest BCUT2D eigenvalue weighted by Crippen LogP contribution is -1.96. The van der Waals surface area contributed by atoms with Crippen LogP contribution in [0.1, 0.15) is 0 Å². The molecule has 0 radical (unpaired) electrons. The third-order valence-corrected chi connectivity index (χ3v) is 3.31. The Morgan fingerprint density at radius 2 is 1.80 bits per heavy atom. The molecular weight excluding hydrogens is 242 g/mol. The normalized spacial score (nSPS) is 11.8. The number of hydrogen-bond donors (Lipinski definition) is 0. The monoisotopic (exact) mass is 247 g/mol. The summed E-state index contributed by atoms with van der Waals surface area (Å²) in [6, 6.07) is 4.55. The second-order valence-corrected chi connectivity index (χ2v) is 4.64. The van der Waals surface area contributed by atoms with Crippen LogP contribution in [0.2, 0.25) is 0 Å². The van der Waals surface area contributed by atoms with Gasteiger partial charge in [-0.15, -0.1) is 0 Å². The standard InChI is InChI=1S/C8H6ClNO4S/c9-5-6-15(13,14)8-3-1-7(2-4-8)10(11)12/h1-6H. The van der Waals surface area contributed by atoms with E-state index in [0.29, 0.717) is 0 Å². The summed E-state index contributed by atoms with van der Waals surface area (Å²) in [6.07, 6.45) is 0. The summed E-state index contributed by atoms with van der Waals surface area (Å²) in [6.45, 7) is 0. The van der Waals surface area contributed by atoms with Crippen molar-refractivity contribution in [3.63, 3.8) is 0 Å². The maximum Gasteiger partial charge on any atom is 0.269 e. The van der Waals surface area contributed by atoms with Gasteiger partial charge in [-0.3, -0.25) is 10.1 Å². The van der Waals surface area contributed by atoms with Crippen LogP contribution in [0.4, 0.5) is 5.69 Å². The molecule has 1 aromatic rings. The highest BCUT2D eigenvalue weighted by molar-refractivity contribution is 7.94. The van der Waals surface area contributed by atoms with Crippen LogP contribution in [0.3, 0.4) is 0 Å². The summed E-state index contributed by atoms with van der Waals surface area (Å²) in [4.78, 5) is 9.67. The van der Waals surface area contributed by atoms with Gasteiger partial charge in [0.1, 0.15) is 0 Å². The van der Waals surface area contributed by atoms with Crippen LogP contribution < -0.4 is 0 Å². The molecule has 0 fully saturated rings. The van der Waals surface area contributed by atoms with Gasteiger partial charge >= 0.3 is 0 Å². The molecule has 7 heteroatoms. The van der Waals surface area contributed by atoms with E-state index in [2.05, 4.69) is 0 Å². The molecule has 0 unspecified atom stereocenters. The fourth-order valence-corrected chi connectivity index (χ4v) is 2.12. The van der Waals surface area contributed by atoms with Gasteiger partial charge in [0.05, 0.1) is 9.82 Å². The molecule has 0 aromatic heterocycles. The van der Waals surface area contributed by atoms with Crippen molar-refractivity contribution in [2.75, 3.05) is 0 Å². The van der Waals surface area contributed by atoms with E-state index in [0.717, 1.165) is 35.2 Å². The molecule has 15 heavy (non-hydrogen) atoms. The highest BCUT2D eigenvalue weighted by Gasteiger charge is 2.12. The molecule has 0 saturated heterocycles. The molecule has 0 saturated carbocycles. The van der Waals surface area contributed by atoms with Crippen LogP contribution in [0.15, 0.2) is 40.1 Å². The zero-order valence-corrected chi connectivity index (χ0v) is 8.90. The van der Waals surface area contributed by atoms with Crippen molar-refractivity contribution in [3.8, 4) is 0 Å². The van der Waals surface area contributed by atoms with Crippen molar-refractivity contribution < 1.29 is 13.3 Å². The molecule has 1 aromatic carbocycles. The molecular formula is C8H6ClNO4S. The van der Waals surface area contributed by atoms with Crippen LogP contribution >= 0.6 is 11.6 Å². The molecule has 0 spiro atoms. The van der Waals surface area contributed by atoms with Crippen LogP contribution in [-0.2, 0) is 9.84 Å². The van der Waals surface area contributed by atoms with E-state index in [9.17, 15) is 18.5 Å². The zero-order valence-electron chi connectivity index (χ0n) is 7.33. The smallest absolute Gasteiger partial charge is 0.258 e. The minimum Gasteiger partial charge on any atom is -0.258 e. The Morgan fingerprint density at radius 1 is 1.27 bits per heavy atom. The number of hydrogen-bond acceptors (Lipinski definition) is 4. The number of nitrogens with zero attached hydrogens (tertiary/aromatic N) is 1. The van der Waals surface area contributed by atoms with E-state index in [1.54, 1.807) is 0 Å². The predicted molar refractivity (Wildman–Crippen MR) is 55.3 cm³/mol. The Balaban J connectivity index is 3.15. The van der Waals surface area contributed by atoms with Crippen LogP contribution in [0.5, 0.6) is 0 Å². The number of halogens is 1. The summed E-state index contributed by atoms with van der Waals surface area (Å²) in [5.41, 5.74) is 0.709. The SMILES string of the molecule is O=[N+]([O-])c1ccc(S(=O)(=O)C=CCl)cc1. The van der Waals surface area contributed by atoms with E-state index in [1.165, 1.54) is 0 Å². The molecule has 0 heterocycles. The number of sulfone groups is 1. The molecule has 0 amide bonds. The largest absolute Gasteiger partial charge is 0.269 e. The molecule has 80 valence electrons. The predicted octanol–water partition coefficient (Wildman–Crippen LogP) is 2.08. The molecule has 1 rings (SSSR count). The first kappa shape index (κ1) is 11.7. The first-order valence-electron chi connectivity index (χ1n) is 3.73. The highest BCUT2D eigenvalue weighted by Crippen LogP contribution is 2.17. The van der Waals surface area contributed by atoms with E-state index < -0.39 is 14.8 Å². The molecule has 0 atom stereocenters. The summed E-state index contributed by atoms with van der Waals surface area (Å²) >= 11 is 5.15. The van der Waals surface area contributed by atoms with Gasteiger partial charge in [0.15, 0.2) is 0 Å². The van der Waals surface area contributed by atoms with E-state index in [4.69, 9.17) is 11.6 Å². The molecule has 0 aliphatic rings. The summed E-state index contributed by atoms with van der Waals surface area (Å²) < 4.78 is 22.7. The quantitative estimate of drug-likeness (QED) is 0.605. The molecule has 0 aliphatic carbocycles. The zero-order chi connectivity index (χ0) is 11.5. The van der Waals surface area contributed by atoms with Gasteiger partial charge in [0.25, 0.3) is 5.69 Å². The number of benzene rings is 1. The summed E-state index contributed by atoms with van der Waals surface area (Å²) in [7, 11) is -3.59. The summed E-state index contributed by atoms with van der Waals surface area (Å²) in [5.74, 6) is 0. The summed E-state index contributed by atoms with van der Waals surface area (Å²) in [5, 5.41) is 11.1. The van der Waals surface area contributed by atoms with Crippen molar-refractivity contribution in [3.05, 3.63) is 45.3 Å². The third-order valence-electron chi connectivity index (χ3n) is 1.61. The Morgan fingerprint density at radius 3 is 2.20 bits per heavy atom. The molecule has 5 nitrogen and oxygen atoms in total. The first-order valence-corrected chi connectivity index (χ1v) is 5.72. The van der Waals surface area contributed by atoms with Crippen molar-refractivity contribution in [1.29, 1.82) is 0 Å². The molecule has 0 N–H and O–H groups in total. The second kappa shape index (κ2) is 4.41. The number of nitro groups is 1. The maximum absolute atomic E-state index is 11.4. The minimum atomic E-state index is -3.59. The van der Waals surface area contributed by atoms with Crippen molar-refractivity contribution in [1.82, 2.24) is 0 Å². The topological polar surface area (TPSA) is 77.3 Å². The van der Waals surface area contributed by atoms with Crippen molar-refractivity contribution >= 4 is 27.1 Å². The van der Waals surface area contributed by atoms with Gasteiger partial charge in [-0.25, -0.2) is 8.42 Å². The van der Waals surface area contributed by atoms with Gasteiger partial charge in [-0.1, -0.05) is 11.6 Å². The Kier molecular flexibility index (Phi) is 3.43. The lowest BCUT2D eigenvalue weighted by Gasteiger charge is -1.97.